The van der Waals surface area contributed by atoms with Gasteiger partial charge in [0, 0.05) is 11.6 Å². The number of hydrogen-bond donors (Lipinski definition) is 0. The zero-order chi connectivity index (χ0) is 26.1. The molecule has 0 aliphatic carbocycles. The van der Waals surface area contributed by atoms with Crippen molar-refractivity contribution in [3.63, 3.8) is 0 Å². The smallest absolute Gasteiger partial charge is 0.291 e. The lowest BCUT2D eigenvalue weighted by molar-refractivity contribution is 0.0714. The zero-order valence-corrected chi connectivity index (χ0v) is 21.5. The number of benzene rings is 3. The molecule has 1 amide bonds. The maximum atomic E-state index is 13.8. The molecule has 1 aromatic heterocycles. The van der Waals surface area contributed by atoms with Crippen molar-refractivity contribution in [1.29, 1.82) is 0 Å². The Kier molecular flexibility index (Phi) is 7.02. The van der Waals surface area contributed by atoms with Crippen LogP contribution >= 0.6 is 11.6 Å². The summed E-state index contributed by atoms with van der Waals surface area (Å²) in [6, 6.07) is 16.0. The first kappa shape index (κ1) is 25.0. The Labute approximate surface area is 219 Å². The van der Waals surface area contributed by atoms with E-state index in [-0.39, 0.29) is 29.1 Å². The number of unbranched alkanes of at least 4 members (excludes halogenated alkanes) is 2. The van der Waals surface area contributed by atoms with Crippen LogP contribution in [-0.4, -0.2) is 17.4 Å². The minimum Gasteiger partial charge on any atom is -0.494 e. The molecule has 190 valence electrons. The summed E-state index contributed by atoms with van der Waals surface area (Å²) < 4.78 is 25.4. The van der Waals surface area contributed by atoms with E-state index in [2.05, 4.69) is 6.92 Å². The van der Waals surface area contributed by atoms with Gasteiger partial charge in [0.25, 0.3) is 5.91 Å². The highest BCUT2D eigenvalue weighted by atomic mass is 35.5. The van der Waals surface area contributed by atoms with Gasteiger partial charge < -0.3 is 14.1 Å². The Hall–Kier alpha value is -3.64. The molecule has 1 aliphatic heterocycles. The Morgan fingerprint density at radius 3 is 2.46 bits per heavy atom. The molecule has 0 N–H and O–H groups in total. The summed E-state index contributed by atoms with van der Waals surface area (Å²) in [4.78, 5) is 29.0. The van der Waals surface area contributed by atoms with Gasteiger partial charge in [-0.05, 0) is 66.4 Å². The van der Waals surface area contributed by atoms with E-state index >= 15 is 0 Å². The molecule has 1 unspecified atom stereocenters. The molecule has 37 heavy (non-hydrogen) atoms. The molecule has 5 nitrogen and oxygen atoms in total. The summed E-state index contributed by atoms with van der Waals surface area (Å²) in [5, 5.41) is 0.778. The molecule has 0 radical (unpaired) electrons. The van der Waals surface area contributed by atoms with Crippen LogP contribution in [0.5, 0.6) is 5.75 Å². The van der Waals surface area contributed by atoms with Crippen molar-refractivity contribution in [2.75, 3.05) is 6.61 Å². The minimum absolute atomic E-state index is 0.0197. The molecule has 1 atom stereocenters. The summed E-state index contributed by atoms with van der Waals surface area (Å²) >= 11 is 6.32. The van der Waals surface area contributed by atoms with E-state index < -0.39 is 11.9 Å². The second-order valence-corrected chi connectivity index (χ2v) is 9.77. The summed E-state index contributed by atoms with van der Waals surface area (Å²) in [6.45, 7) is 4.76. The highest BCUT2D eigenvalue weighted by Gasteiger charge is 2.42. The van der Waals surface area contributed by atoms with Crippen molar-refractivity contribution in [1.82, 2.24) is 4.90 Å². The van der Waals surface area contributed by atoms with E-state index in [1.807, 2.05) is 31.2 Å². The van der Waals surface area contributed by atoms with Crippen LogP contribution in [0.15, 0.2) is 69.9 Å². The summed E-state index contributed by atoms with van der Waals surface area (Å²) in [5.74, 6) is -0.00876. The van der Waals surface area contributed by atoms with Crippen LogP contribution in [0, 0.1) is 12.7 Å². The first-order chi connectivity index (χ1) is 17.9. The molecule has 7 heteroatoms. The van der Waals surface area contributed by atoms with Gasteiger partial charge in [-0.25, -0.2) is 4.39 Å². The fraction of sp³-hybridized carbons (Fsp3) is 0.267. The number of carbonyl (C=O) groups excluding carboxylic acids is 1. The number of fused-ring (bicyclic) bond motifs is 2. The van der Waals surface area contributed by atoms with Gasteiger partial charge in [-0.15, -0.1) is 0 Å². The van der Waals surface area contributed by atoms with E-state index in [1.165, 1.54) is 12.1 Å². The van der Waals surface area contributed by atoms with E-state index in [4.69, 9.17) is 20.8 Å². The Bertz CT molecular complexity index is 1510. The average molecular weight is 520 g/mol. The van der Waals surface area contributed by atoms with Gasteiger partial charge in [0.05, 0.1) is 23.6 Å². The molecular weight excluding hydrogens is 493 g/mol. The molecule has 2 heterocycles. The predicted molar refractivity (Wildman–Crippen MR) is 142 cm³/mol. The third kappa shape index (κ3) is 4.86. The van der Waals surface area contributed by atoms with Crippen molar-refractivity contribution >= 4 is 28.5 Å². The van der Waals surface area contributed by atoms with Crippen molar-refractivity contribution in [3.05, 3.63) is 110 Å². The molecule has 4 aromatic rings. The summed E-state index contributed by atoms with van der Waals surface area (Å²) in [7, 11) is 0. The van der Waals surface area contributed by atoms with Crippen LogP contribution in [0.1, 0.15) is 65.0 Å². The largest absolute Gasteiger partial charge is 0.494 e. The number of ether oxygens (including phenoxy) is 1. The lowest BCUT2D eigenvalue weighted by Gasteiger charge is -2.25. The second-order valence-electron chi connectivity index (χ2n) is 9.36. The average Bonchev–Trinajstić information content (AvgIpc) is 3.16. The molecular formula is C30H27ClFNO4. The van der Waals surface area contributed by atoms with Crippen LogP contribution < -0.4 is 10.2 Å². The Morgan fingerprint density at radius 1 is 1.03 bits per heavy atom. The minimum atomic E-state index is -0.678. The zero-order valence-electron chi connectivity index (χ0n) is 20.7. The highest BCUT2D eigenvalue weighted by molar-refractivity contribution is 6.32. The maximum Gasteiger partial charge on any atom is 0.291 e. The fourth-order valence-electron chi connectivity index (χ4n) is 4.73. The van der Waals surface area contributed by atoms with Crippen molar-refractivity contribution in [3.8, 4) is 5.75 Å². The highest BCUT2D eigenvalue weighted by Crippen LogP contribution is 2.40. The van der Waals surface area contributed by atoms with Gasteiger partial charge in [-0.3, -0.25) is 9.59 Å². The third-order valence-electron chi connectivity index (χ3n) is 6.73. The Balaban J connectivity index is 1.58. The van der Waals surface area contributed by atoms with Gasteiger partial charge in [0.1, 0.15) is 17.1 Å². The first-order valence-electron chi connectivity index (χ1n) is 12.4. The molecule has 1 aliphatic rings. The monoisotopic (exact) mass is 519 g/mol. The number of hydrogen-bond acceptors (Lipinski definition) is 4. The van der Waals surface area contributed by atoms with Crippen LogP contribution in [0.4, 0.5) is 4.39 Å². The number of aryl methyl sites for hydroxylation is 1. The van der Waals surface area contributed by atoms with E-state index in [0.29, 0.717) is 22.6 Å². The van der Waals surface area contributed by atoms with Crippen LogP contribution in [-0.2, 0) is 6.54 Å². The quantitative estimate of drug-likeness (QED) is 0.231. The van der Waals surface area contributed by atoms with Crippen LogP contribution in [0.3, 0.4) is 0 Å². The standard InChI is InChI=1S/C30H27ClFNO4/c1-3-4-5-14-36-22-12-8-20(9-13-22)27-26-28(34)23-16-24(31)18(2)15-25(23)37-29(26)30(35)33(27)17-19-6-10-21(32)11-7-19/h6-13,15-16,27H,3-5,14,17H2,1-2H3. The summed E-state index contributed by atoms with van der Waals surface area (Å²) in [5.41, 5.74) is 2.53. The lowest BCUT2D eigenvalue weighted by atomic mass is 9.98. The second kappa shape index (κ2) is 10.4. The lowest BCUT2D eigenvalue weighted by Crippen LogP contribution is -2.29. The van der Waals surface area contributed by atoms with Gasteiger partial charge in [0.2, 0.25) is 5.76 Å². The van der Waals surface area contributed by atoms with Crippen LogP contribution in [0.2, 0.25) is 5.02 Å². The van der Waals surface area contributed by atoms with Crippen molar-refractivity contribution in [2.45, 2.75) is 45.7 Å². The molecule has 5 rings (SSSR count). The fourth-order valence-corrected chi connectivity index (χ4v) is 4.89. The molecule has 3 aromatic carbocycles. The predicted octanol–water partition coefficient (Wildman–Crippen LogP) is 7.21. The maximum absolute atomic E-state index is 13.8. The topological polar surface area (TPSA) is 59.8 Å². The summed E-state index contributed by atoms with van der Waals surface area (Å²) in [6.07, 6.45) is 3.19. The van der Waals surface area contributed by atoms with Gasteiger partial charge in [-0.1, -0.05) is 55.6 Å². The molecule has 0 fully saturated rings. The third-order valence-corrected chi connectivity index (χ3v) is 7.13. The molecule has 0 bridgehead atoms. The van der Waals surface area contributed by atoms with Crippen molar-refractivity contribution < 1.29 is 18.3 Å². The van der Waals surface area contributed by atoms with E-state index in [0.717, 1.165) is 41.7 Å². The number of nitrogens with zero attached hydrogens (tertiary/aromatic N) is 1. The number of halogens is 2. The Morgan fingerprint density at radius 2 is 1.76 bits per heavy atom. The van der Waals surface area contributed by atoms with Gasteiger partial charge in [-0.2, -0.15) is 0 Å². The van der Waals surface area contributed by atoms with E-state index in [9.17, 15) is 14.0 Å². The van der Waals surface area contributed by atoms with Crippen molar-refractivity contribution in [2.24, 2.45) is 0 Å². The normalized spacial score (nSPS) is 14.9. The number of amides is 1. The molecule has 0 saturated carbocycles. The van der Waals surface area contributed by atoms with Gasteiger partial charge >= 0.3 is 0 Å². The van der Waals surface area contributed by atoms with Gasteiger partial charge in [0.15, 0.2) is 5.43 Å². The number of rotatable bonds is 8. The first-order valence-corrected chi connectivity index (χ1v) is 12.8. The van der Waals surface area contributed by atoms with E-state index in [1.54, 1.807) is 29.2 Å². The van der Waals surface area contributed by atoms with Crippen LogP contribution in [0.25, 0.3) is 11.0 Å². The SMILES string of the molecule is CCCCCOc1ccc(C2c3c(oc4cc(C)c(Cl)cc4c3=O)C(=O)N2Cc2ccc(F)cc2)cc1. The molecule has 0 spiro atoms. The molecule has 0 saturated heterocycles. The number of carbonyl (C=O) groups is 1.